The van der Waals surface area contributed by atoms with Crippen molar-refractivity contribution in [1.29, 1.82) is 0 Å². The van der Waals surface area contributed by atoms with Crippen LogP contribution in [0.4, 0.5) is 11.4 Å². The summed E-state index contributed by atoms with van der Waals surface area (Å²) in [7, 11) is -4.07. The number of nitro groups is 1. The third-order valence-electron chi connectivity index (χ3n) is 3.67. The first kappa shape index (κ1) is 20.1. The summed E-state index contributed by atoms with van der Waals surface area (Å²) in [5.41, 5.74) is 3.35. The summed E-state index contributed by atoms with van der Waals surface area (Å²) in [6, 6.07) is 6.45. The molecule has 0 saturated heterocycles. The van der Waals surface area contributed by atoms with Crippen LogP contribution >= 0.6 is 23.2 Å². The van der Waals surface area contributed by atoms with Crippen molar-refractivity contribution in [3.8, 4) is 5.75 Å². The largest absolute Gasteiger partial charge is 0.487 e. The number of nitrogens with two attached hydrogens (primary N) is 1. The number of hydrazone groups is 1. The van der Waals surface area contributed by atoms with Crippen molar-refractivity contribution in [2.75, 3.05) is 12.0 Å². The van der Waals surface area contributed by atoms with Crippen molar-refractivity contribution in [3.05, 3.63) is 61.6 Å². The highest BCUT2D eigenvalue weighted by atomic mass is 35.5. The molecule has 146 valence electrons. The van der Waals surface area contributed by atoms with Gasteiger partial charge >= 0.3 is 0 Å². The summed E-state index contributed by atoms with van der Waals surface area (Å²) in [4.78, 5) is 10.1. The fourth-order valence-electron chi connectivity index (χ4n) is 2.43. The van der Waals surface area contributed by atoms with Gasteiger partial charge in [-0.2, -0.15) is 5.10 Å². The van der Waals surface area contributed by atoms with Crippen LogP contribution in [0.5, 0.6) is 5.75 Å². The Bertz CT molecular complexity index is 1130. The van der Waals surface area contributed by atoms with Crippen LogP contribution in [0.1, 0.15) is 5.56 Å². The Labute approximate surface area is 169 Å². The Balaban J connectivity index is 1.83. The molecule has 0 unspecified atom stereocenters. The highest BCUT2D eigenvalue weighted by Gasteiger charge is 2.19. The number of rotatable bonds is 5. The molecule has 2 aromatic carbocycles. The topological polar surface area (TPSA) is 137 Å². The molecule has 0 spiro atoms. The zero-order valence-electron chi connectivity index (χ0n) is 13.9. The molecule has 0 bridgehead atoms. The van der Waals surface area contributed by atoms with E-state index in [-0.39, 0.29) is 17.2 Å². The van der Waals surface area contributed by atoms with Crippen molar-refractivity contribution < 1.29 is 18.1 Å². The number of nitro benzene ring substituents is 1. The van der Waals surface area contributed by atoms with Crippen LogP contribution < -0.4 is 15.3 Å². The van der Waals surface area contributed by atoms with Crippen molar-refractivity contribution in [3.63, 3.8) is 0 Å². The second-order valence-corrected chi connectivity index (χ2v) is 8.07. The van der Waals surface area contributed by atoms with E-state index in [1.807, 2.05) is 0 Å². The lowest BCUT2D eigenvalue weighted by atomic mass is 10.1. The third kappa shape index (κ3) is 4.42. The summed E-state index contributed by atoms with van der Waals surface area (Å²) in [5, 5.41) is 21.0. The minimum atomic E-state index is -4.07. The summed E-state index contributed by atoms with van der Waals surface area (Å²) >= 11 is 12.0. The zero-order chi connectivity index (χ0) is 20.5. The van der Waals surface area contributed by atoms with E-state index in [1.165, 1.54) is 12.3 Å². The molecule has 0 fully saturated rings. The van der Waals surface area contributed by atoms with Crippen LogP contribution in [-0.2, 0) is 10.0 Å². The average Bonchev–Trinajstić information content (AvgIpc) is 2.60. The number of anilines is 1. The van der Waals surface area contributed by atoms with Crippen LogP contribution in [0.25, 0.3) is 6.08 Å². The molecule has 2 aromatic rings. The molecule has 1 aliphatic heterocycles. The summed E-state index contributed by atoms with van der Waals surface area (Å²) in [5.74, 6) is 0.505. The van der Waals surface area contributed by atoms with Crippen LogP contribution in [0, 0.1) is 10.1 Å². The van der Waals surface area contributed by atoms with Gasteiger partial charge in [-0.1, -0.05) is 23.2 Å². The molecule has 0 atom stereocenters. The molecule has 0 aliphatic carbocycles. The Kier molecular flexibility index (Phi) is 5.57. The first-order valence-electron chi connectivity index (χ1n) is 7.58. The second-order valence-electron chi connectivity index (χ2n) is 5.66. The highest BCUT2D eigenvalue weighted by Crippen LogP contribution is 2.36. The molecule has 0 aromatic heterocycles. The molecule has 3 rings (SSSR count). The minimum Gasteiger partial charge on any atom is -0.487 e. The molecule has 12 heteroatoms. The van der Waals surface area contributed by atoms with E-state index in [1.54, 1.807) is 18.2 Å². The number of ether oxygens (including phenoxy) is 1. The van der Waals surface area contributed by atoms with E-state index in [0.29, 0.717) is 26.9 Å². The van der Waals surface area contributed by atoms with Crippen LogP contribution in [0.3, 0.4) is 0 Å². The molecular weight excluding hydrogens is 431 g/mol. The van der Waals surface area contributed by atoms with Gasteiger partial charge in [0.2, 0.25) is 10.0 Å². The maximum atomic E-state index is 11.4. The number of hydrogen-bond acceptors (Lipinski definition) is 7. The molecule has 0 saturated carbocycles. The first-order chi connectivity index (χ1) is 13.1. The van der Waals surface area contributed by atoms with Gasteiger partial charge in [-0.15, -0.1) is 0 Å². The number of sulfonamides is 1. The lowest BCUT2D eigenvalue weighted by Gasteiger charge is -2.17. The Hall–Kier alpha value is -2.66. The standard InChI is InChI=1S/C16H12Cl2N4O5S/c17-11-4-10-3-9(8-27-16(10)13(18)5-11)7-20-21-14-2-1-12(28(19,25)26)6-15(14)22(23)24/h1-7,21H,8H2,(H2,19,25,26)/b20-7-. The molecule has 28 heavy (non-hydrogen) atoms. The van der Waals surface area contributed by atoms with E-state index in [2.05, 4.69) is 10.5 Å². The van der Waals surface area contributed by atoms with Gasteiger partial charge < -0.3 is 4.74 Å². The molecule has 9 nitrogen and oxygen atoms in total. The Morgan fingerprint density at radius 3 is 2.71 bits per heavy atom. The monoisotopic (exact) mass is 442 g/mol. The minimum absolute atomic E-state index is 0.00235. The Morgan fingerprint density at radius 1 is 1.29 bits per heavy atom. The maximum absolute atomic E-state index is 11.4. The van der Waals surface area contributed by atoms with Gasteiger partial charge in [-0.25, -0.2) is 13.6 Å². The van der Waals surface area contributed by atoms with E-state index < -0.39 is 20.6 Å². The van der Waals surface area contributed by atoms with Crippen LogP contribution in [0.2, 0.25) is 10.0 Å². The number of nitrogens with zero attached hydrogens (tertiary/aromatic N) is 2. The molecule has 1 aliphatic rings. The fraction of sp³-hybridized carbons (Fsp3) is 0.0625. The average molecular weight is 443 g/mol. The van der Waals surface area contributed by atoms with E-state index in [9.17, 15) is 18.5 Å². The van der Waals surface area contributed by atoms with E-state index in [0.717, 1.165) is 12.1 Å². The zero-order valence-corrected chi connectivity index (χ0v) is 16.3. The van der Waals surface area contributed by atoms with Gasteiger partial charge in [0.1, 0.15) is 18.0 Å². The highest BCUT2D eigenvalue weighted by molar-refractivity contribution is 7.89. The predicted molar refractivity (Wildman–Crippen MR) is 107 cm³/mol. The van der Waals surface area contributed by atoms with E-state index >= 15 is 0 Å². The lowest BCUT2D eigenvalue weighted by molar-refractivity contribution is -0.384. The van der Waals surface area contributed by atoms with Crippen molar-refractivity contribution >= 4 is 56.9 Å². The molecule has 0 radical (unpaired) electrons. The normalized spacial score (nSPS) is 13.6. The SMILES string of the molecule is NS(=O)(=O)c1ccc(N/N=C\C2=Cc3cc(Cl)cc(Cl)c3OC2)c([N+](=O)[O-])c1. The van der Waals surface area contributed by atoms with Crippen LogP contribution in [-0.4, -0.2) is 26.2 Å². The number of halogens is 2. The number of primary sulfonamides is 1. The summed E-state index contributed by atoms with van der Waals surface area (Å²) in [6.45, 7) is 0.186. The van der Waals surface area contributed by atoms with Crippen molar-refractivity contribution in [1.82, 2.24) is 0 Å². The molecule has 1 heterocycles. The summed E-state index contributed by atoms with van der Waals surface area (Å²) in [6.07, 6.45) is 3.18. The Morgan fingerprint density at radius 2 is 2.04 bits per heavy atom. The van der Waals surface area contributed by atoms with Crippen LogP contribution in [0.15, 0.2) is 45.9 Å². The molecule has 0 amide bonds. The van der Waals surface area contributed by atoms with Crippen molar-refractivity contribution in [2.24, 2.45) is 10.2 Å². The predicted octanol–water partition coefficient (Wildman–Crippen LogP) is 3.42. The summed E-state index contributed by atoms with van der Waals surface area (Å²) < 4.78 is 28.3. The van der Waals surface area contributed by atoms with Gasteiger partial charge in [0.05, 0.1) is 21.1 Å². The van der Waals surface area contributed by atoms with Gasteiger partial charge in [0, 0.05) is 22.2 Å². The smallest absolute Gasteiger partial charge is 0.295 e. The van der Waals surface area contributed by atoms with Gasteiger partial charge in [-0.05, 0) is 30.3 Å². The lowest BCUT2D eigenvalue weighted by Crippen LogP contribution is -2.12. The van der Waals surface area contributed by atoms with Gasteiger partial charge in [0.25, 0.3) is 5.69 Å². The molecule has 3 N–H and O–H groups in total. The number of fused-ring (bicyclic) bond motifs is 1. The van der Waals surface area contributed by atoms with Gasteiger partial charge in [0.15, 0.2) is 0 Å². The van der Waals surface area contributed by atoms with E-state index in [4.69, 9.17) is 33.1 Å². The maximum Gasteiger partial charge on any atom is 0.295 e. The first-order valence-corrected chi connectivity index (χ1v) is 9.88. The van der Waals surface area contributed by atoms with Gasteiger partial charge in [-0.3, -0.25) is 15.5 Å². The third-order valence-corrected chi connectivity index (χ3v) is 5.08. The molecular formula is C16H12Cl2N4O5S. The van der Waals surface area contributed by atoms with Crippen molar-refractivity contribution in [2.45, 2.75) is 4.90 Å². The fourth-order valence-corrected chi connectivity index (χ4v) is 3.53. The second kappa shape index (κ2) is 7.76. The number of hydrogen-bond donors (Lipinski definition) is 2. The number of nitrogens with one attached hydrogen (secondary N) is 1. The number of benzene rings is 2. The quantitative estimate of drug-likeness (QED) is 0.413.